The van der Waals surface area contributed by atoms with Gasteiger partial charge in [0.2, 0.25) is 0 Å². The van der Waals surface area contributed by atoms with Gasteiger partial charge < -0.3 is 5.73 Å². The molecule has 0 aliphatic rings. The van der Waals surface area contributed by atoms with Crippen molar-refractivity contribution in [1.82, 2.24) is 19.7 Å². The Morgan fingerprint density at radius 2 is 2.05 bits per heavy atom. The molecule has 0 saturated carbocycles. The minimum atomic E-state index is 0.524. The summed E-state index contributed by atoms with van der Waals surface area (Å²) in [6.07, 6.45) is 3.12. The molecule has 0 unspecified atom stereocenters. The summed E-state index contributed by atoms with van der Waals surface area (Å²) in [6, 6.07) is 12.7. The number of aromatic nitrogens is 4. The highest BCUT2D eigenvalue weighted by molar-refractivity contribution is 5.60. The van der Waals surface area contributed by atoms with E-state index in [1.165, 1.54) is 4.68 Å². The number of hydrogen-bond donors (Lipinski definition) is 1. The lowest BCUT2D eigenvalue weighted by Crippen LogP contribution is -1.98. The van der Waals surface area contributed by atoms with E-state index in [-0.39, 0.29) is 0 Å². The highest BCUT2D eigenvalue weighted by Gasteiger charge is 2.07. The summed E-state index contributed by atoms with van der Waals surface area (Å²) in [5.74, 6) is 1.10. The summed E-state index contributed by atoms with van der Waals surface area (Å²) in [4.78, 5) is 8.40. The first-order valence-electron chi connectivity index (χ1n) is 5.90. The molecule has 20 heavy (non-hydrogen) atoms. The molecule has 0 spiro atoms. The largest absolute Gasteiger partial charge is 0.399 e. The third kappa shape index (κ3) is 2.20. The SMILES string of the molecule is N#Cc1ccnc(-n2cnc(-c3cccc(N)c3)n2)c1. The zero-order chi connectivity index (χ0) is 13.9. The van der Waals surface area contributed by atoms with E-state index in [2.05, 4.69) is 21.1 Å². The van der Waals surface area contributed by atoms with Crippen LogP contribution in [-0.2, 0) is 0 Å². The van der Waals surface area contributed by atoms with Gasteiger partial charge in [0, 0.05) is 23.5 Å². The molecule has 0 fully saturated rings. The van der Waals surface area contributed by atoms with E-state index < -0.39 is 0 Å². The van der Waals surface area contributed by atoms with E-state index >= 15 is 0 Å². The maximum Gasteiger partial charge on any atom is 0.181 e. The van der Waals surface area contributed by atoms with Crippen LogP contribution >= 0.6 is 0 Å². The Balaban J connectivity index is 2.00. The van der Waals surface area contributed by atoms with E-state index in [9.17, 15) is 0 Å². The van der Waals surface area contributed by atoms with Crippen LogP contribution in [-0.4, -0.2) is 19.7 Å². The van der Waals surface area contributed by atoms with Crippen LogP contribution in [0.5, 0.6) is 0 Å². The lowest BCUT2D eigenvalue weighted by Gasteiger charge is -1.99. The van der Waals surface area contributed by atoms with Crippen molar-refractivity contribution in [2.45, 2.75) is 0 Å². The third-order valence-corrected chi connectivity index (χ3v) is 2.75. The average Bonchev–Trinajstić information content (AvgIpc) is 2.97. The van der Waals surface area contributed by atoms with Gasteiger partial charge in [-0.25, -0.2) is 14.6 Å². The molecule has 1 aromatic carbocycles. The van der Waals surface area contributed by atoms with Gasteiger partial charge in [-0.3, -0.25) is 0 Å². The van der Waals surface area contributed by atoms with E-state index in [1.54, 1.807) is 36.8 Å². The van der Waals surface area contributed by atoms with Gasteiger partial charge in [-0.2, -0.15) is 5.26 Å². The van der Waals surface area contributed by atoms with Crippen LogP contribution in [0.3, 0.4) is 0 Å². The fraction of sp³-hybridized carbons (Fsp3) is 0. The number of nitriles is 1. The number of nitrogens with two attached hydrogens (primary N) is 1. The van der Waals surface area contributed by atoms with Gasteiger partial charge in [-0.1, -0.05) is 12.1 Å². The van der Waals surface area contributed by atoms with Crippen LogP contribution in [0, 0.1) is 11.3 Å². The van der Waals surface area contributed by atoms with Crippen LogP contribution in [0.25, 0.3) is 17.2 Å². The van der Waals surface area contributed by atoms with Gasteiger partial charge in [-0.05, 0) is 18.2 Å². The van der Waals surface area contributed by atoms with Gasteiger partial charge in [0.25, 0.3) is 0 Å². The van der Waals surface area contributed by atoms with Gasteiger partial charge >= 0.3 is 0 Å². The number of hydrogen-bond acceptors (Lipinski definition) is 5. The van der Waals surface area contributed by atoms with Crippen molar-refractivity contribution < 1.29 is 0 Å². The smallest absolute Gasteiger partial charge is 0.181 e. The summed E-state index contributed by atoms with van der Waals surface area (Å²) in [5.41, 5.74) is 7.75. The van der Waals surface area contributed by atoms with Gasteiger partial charge in [-0.15, -0.1) is 5.10 Å². The van der Waals surface area contributed by atoms with Crippen LogP contribution in [0.2, 0.25) is 0 Å². The Labute approximate surface area is 115 Å². The molecule has 6 nitrogen and oxygen atoms in total. The average molecular weight is 262 g/mol. The summed E-state index contributed by atoms with van der Waals surface area (Å²) < 4.78 is 1.53. The molecule has 0 amide bonds. The summed E-state index contributed by atoms with van der Waals surface area (Å²) >= 11 is 0. The molecule has 3 rings (SSSR count). The maximum absolute atomic E-state index is 8.89. The zero-order valence-electron chi connectivity index (χ0n) is 10.4. The molecule has 0 bridgehead atoms. The number of pyridine rings is 1. The third-order valence-electron chi connectivity index (χ3n) is 2.75. The second-order valence-corrected chi connectivity index (χ2v) is 4.15. The van der Waals surface area contributed by atoms with Crippen molar-refractivity contribution in [3.63, 3.8) is 0 Å². The second kappa shape index (κ2) is 4.82. The van der Waals surface area contributed by atoms with Gasteiger partial charge in [0.15, 0.2) is 11.6 Å². The summed E-state index contributed by atoms with van der Waals surface area (Å²) in [7, 11) is 0. The molecule has 3 aromatic rings. The Morgan fingerprint density at radius 1 is 1.15 bits per heavy atom. The Hall–Kier alpha value is -3.20. The maximum atomic E-state index is 8.89. The Bertz CT molecular complexity index is 799. The first-order valence-corrected chi connectivity index (χ1v) is 5.90. The predicted molar refractivity (Wildman–Crippen MR) is 73.7 cm³/mol. The number of benzene rings is 1. The van der Waals surface area contributed by atoms with Crippen LogP contribution < -0.4 is 5.73 Å². The number of rotatable bonds is 2. The minimum absolute atomic E-state index is 0.524. The monoisotopic (exact) mass is 262 g/mol. The zero-order valence-corrected chi connectivity index (χ0v) is 10.4. The first kappa shape index (κ1) is 11.9. The van der Waals surface area contributed by atoms with Crippen LogP contribution in [0.15, 0.2) is 48.9 Å². The van der Waals surface area contributed by atoms with Crippen molar-refractivity contribution >= 4 is 5.69 Å². The normalized spacial score (nSPS) is 10.2. The number of anilines is 1. The fourth-order valence-electron chi connectivity index (χ4n) is 1.80. The van der Waals surface area contributed by atoms with Gasteiger partial charge in [0.1, 0.15) is 6.33 Å². The standard InChI is InChI=1S/C14H10N6/c15-8-10-4-5-17-13(6-10)20-9-18-14(19-20)11-2-1-3-12(16)7-11/h1-7,9H,16H2. The second-order valence-electron chi connectivity index (χ2n) is 4.15. The molecular weight excluding hydrogens is 252 g/mol. The van der Waals surface area contributed by atoms with Crippen molar-refractivity contribution in [3.8, 4) is 23.3 Å². The molecule has 0 aliphatic carbocycles. The Morgan fingerprint density at radius 3 is 2.85 bits per heavy atom. The first-order chi connectivity index (χ1) is 9.76. The lowest BCUT2D eigenvalue weighted by atomic mass is 10.2. The number of nitrogens with zero attached hydrogens (tertiary/aromatic N) is 5. The topological polar surface area (TPSA) is 93.4 Å². The van der Waals surface area contributed by atoms with Crippen LogP contribution in [0.1, 0.15) is 5.56 Å². The molecule has 6 heteroatoms. The molecule has 0 radical (unpaired) electrons. The Kier molecular flexibility index (Phi) is 2.86. The van der Waals surface area contributed by atoms with Crippen molar-refractivity contribution in [1.29, 1.82) is 5.26 Å². The highest BCUT2D eigenvalue weighted by Crippen LogP contribution is 2.17. The van der Waals surface area contributed by atoms with Crippen molar-refractivity contribution in [3.05, 3.63) is 54.5 Å². The predicted octanol–water partition coefficient (Wildman–Crippen LogP) is 1.78. The summed E-state index contributed by atoms with van der Waals surface area (Å²) in [5, 5.41) is 13.2. The molecule has 0 saturated heterocycles. The van der Waals surface area contributed by atoms with E-state index in [0.29, 0.717) is 22.9 Å². The minimum Gasteiger partial charge on any atom is -0.399 e. The molecule has 96 valence electrons. The molecule has 2 heterocycles. The molecule has 2 aromatic heterocycles. The summed E-state index contributed by atoms with van der Waals surface area (Å²) in [6.45, 7) is 0. The van der Waals surface area contributed by atoms with E-state index in [4.69, 9.17) is 11.0 Å². The fourth-order valence-corrected chi connectivity index (χ4v) is 1.80. The van der Waals surface area contributed by atoms with Crippen molar-refractivity contribution in [2.24, 2.45) is 0 Å². The highest BCUT2D eigenvalue weighted by atomic mass is 15.4. The van der Waals surface area contributed by atoms with Gasteiger partial charge in [0.05, 0.1) is 11.6 Å². The molecule has 0 aliphatic heterocycles. The van der Waals surface area contributed by atoms with E-state index in [1.807, 2.05) is 12.1 Å². The van der Waals surface area contributed by atoms with Crippen LogP contribution in [0.4, 0.5) is 5.69 Å². The molecule has 2 N–H and O–H groups in total. The number of nitrogen functional groups attached to an aromatic ring is 1. The lowest BCUT2D eigenvalue weighted by molar-refractivity contribution is 0.847. The van der Waals surface area contributed by atoms with Crippen molar-refractivity contribution in [2.75, 3.05) is 5.73 Å². The quantitative estimate of drug-likeness (QED) is 0.710. The molecule has 0 atom stereocenters. The molecular formula is C14H10N6. The van der Waals surface area contributed by atoms with E-state index in [0.717, 1.165) is 5.56 Å².